The van der Waals surface area contributed by atoms with Crippen LogP contribution in [-0.2, 0) is 4.79 Å². The Morgan fingerprint density at radius 1 is 1.19 bits per heavy atom. The van der Waals surface area contributed by atoms with Gasteiger partial charge < -0.3 is 10.1 Å². The number of rotatable bonds is 3. The summed E-state index contributed by atoms with van der Waals surface area (Å²) in [4.78, 5) is 16.6. The molecule has 132 valence electrons. The zero-order valence-electron chi connectivity index (χ0n) is 13.9. The topological polar surface area (TPSA) is 56.1 Å². The molecule has 1 atom stereocenters. The molecule has 1 unspecified atom stereocenters. The average Bonchev–Trinajstić information content (AvgIpc) is 3.05. The molecule has 1 aliphatic rings. The number of hydrogen-bond acceptors (Lipinski definition) is 3. The number of benzene rings is 2. The van der Waals surface area contributed by atoms with Gasteiger partial charge in [-0.2, -0.15) is 0 Å². The summed E-state index contributed by atoms with van der Waals surface area (Å²) in [6, 6.07) is 10.9. The van der Waals surface area contributed by atoms with Crippen LogP contribution in [0.15, 0.2) is 48.8 Å². The number of nitrogens with zero attached hydrogens (tertiary/aromatic N) is 2. The number of carbonyl (C=O) groups is 1. The van der Waals surface area contributed by atoms with E-state index in [0.717, 1.165) is 0 Å². The maximum Gasteiger partial charge on any atom is 0.226 e. The highest BCUT2D eigenvalue weighted by molar-refractivity contribution is 5.94. The van der Waals surface area contributed by atoms with Crippen LogP contribution in [0.25, 0.3) is 5.69 Å². The van der Waals surface area contributed by atoms with Gasteiger partial charge in [0, 0.05) is 24.0 Å². The van der Waals surface area contributed by atoms with Crippen LogP contribution in [-0.4, -0.2) is 22.6 Å². The van der Waals surface area contributed by atoms with Gasteiger partial charge in [0.25, 0.3) is 0 Å². The number of nitrogens with one attached hydrogen (secondary N) is 1. The lowest BCUT2D eigenvalue weighted by Gasteiger charge is -2.24. The number of imidazole rings is 1. The lowest BCUT2D eigenvalue weighted by atomic mass is 9.89. The third kappa shape index (κ3) is 2.61. The second-order valence-corrected chi connectivity index (χ2v) is 5.99. The summed E-state index contributed by atoms with van der Waals surface area (Å²) >= 11 is 0. The average molecular weight is 355 g/mol. The maximum atomic E-state index is 14.3. The number of carbonyl (C=O) groups excluding carboxylic acids is 1. The van der Waals surface area contributed by atoms with Gasteiger partial charge in [-0.05, 0) is 24.3 Å². The van der Waals surface area contributed by atoms with Gasteiger partial charge in [0.15, 0.2) is 0 Å². The Balaban J connectivity index is 1.85. The molecule has 1 aliphatic heterocycles. The molecular weight excluding hydrogens is 340 g/mol. The number of halogens is 2. The van der Waals surface area contributed by atoms with Gasteiger partial charge in [-0.15, -0.1) is 0 Å². The van der Waals surface area contributed by atoms with Crippen molar-refractivity contribution >= 4 is 11.7 Å². The van der Waals surface area contributed by atoms with E-state index in [1.54, 1.807) is 29.9 Å². The van der Waals surface area contributed by atoms with Gasteiger partial charge in [0.05, 0.1) is 18.5 Å². The van der Waals surface area contributed by atoms with E-state index in [2.05, 4.69) is 10.3 Å². The van der Waals surface area contributed by atoms with Crippen molar-refractivity contribution in [2.45, 2.75) is 12.3 Å². The SMILES string of the molecule is COc1cccc(-n2cnc3c2NC(=O)CC3c2c(F)cccc2F)c1. The first-order valence-corrected chi connectivity index (χ1v) is 8.04. The third-order valence-corrected chi connectivity index (χ3v) is 4.45. The molecule has 2 aromatic carbocycles. The van der Waals surface area contributed by atoms with Crippen molar-refractivity contribution in [3.63, 3.8) is 0 Å². The quantitative estimate of drug-likeness (QED) is 0.781. The third-order valence-electron chi connectivity index (χ3n) is 4.45. The van der Waals surface area contributed by atoms with E-state index >= 15 is 0 Å². The van der Waals surface area contributed by atoms with Gasteiger partial charge in [0.2, 0.25) is 5.91 Å². The van der Waals surface area contributed by atoms with Crippen LogP contribution in [0.5, 0.6) is 5.75 Å². The largest absolute Gasteiger partial charge is 0.497 e. The molecule has 2 heterocycles. The van der Waals surface area contributed by atoms with E-state index in [1.165, 1.54) is 24.5 Å². The summed E-state index contributed by atoms with van der Waals surface area (Å²) in [6.07, 6.45) is 1.46. The van der Waals surface area contributed by atoms with Crippen molar-refractivity contribution in [3.05, 3.63) is 71.7 Å². The minimum Gasteiger partial charge on any atom is -0.497 e. The summed E-state index contributed by atoms with van der Waals surface area (Å²) in [6.45, 7) is 0. The van der Waals surface area contributed by atoms with E-state index in [-0.39, 0.29) is 17.9 Å². The maximum absolute atomic E-state index is 14.3. The normalized spacial score (nSPS) is 16.1. The molecule has 1 N–H and O–H groups in total. The fraction of sp³-hybridized carbons (Fsp3) is 0.158. The van der Waals surface area contributed by atoms with Crippen LogP contribution >= 0.6 is 0 Å². The molecule has 1 aromatic heterocycles. The number of ether oxygens (including phenoxy) is 1. The van der Waals surface area contributed by atoms with Gasteiger partial charge in [-0.25, -0.2) is 13.8 Å². The van der Waals surface area contributed by atoms with E-state index in [4.69, 9.17) is 4.74 Å². The number of methoxy groups -OCH3 is 1. The molecule has 26 heavy (non-hydrogen) atoms. The molecule has 3 aromatic rings. The highest BCUT2D eigenvalue weighted by atomic mass is 19.1. The van der Waals surface area contributed by atoms with Gasteiger partial charge in [-0.3, -0.25) is 9.36 Å². The first kappa shape index (κ1) is 16.3. The first-order valence-electron chi connectivity index (χ1n) is 8.04. The number of aromatic nitrogens is 2. The predicted molar refractivity (Wildman–Crippen MR) is 91.6 cm³/mol. The molecule has 0 saturated heterocycles. The highest BCUT2D eigenvalue weighted by Crippen LogP contribution is 2.39. The molecule has 5 nitrogen and oxygen atoms in total. The minimum atomic E-state index is -0.785. The standard InChI is InChI=1S/C19H15F2N3O2/c1-26-12-5-2-4-11(8-12)24-10-22-18-13(9-16(25)23-19(18)24)17-14(20)6-3-7-15(17)21/h2-8,10,13H,9H2,1H3,(H,23,25). The fourth-order valence-corrected chi connectivity index (χ4v) is 3.25. The van der Waals surface area contributed by atoms with Crippen molar-refractivity contribution in [2.75, 3.05) is 12.4 Å². The molecule has 7 heteroatoms. The van der Waals surface area contributed by atoms with Crippen molar-refractivity contribution in [1.29, 1.82) is 0 Å². The zero-order chi connectivity index (χ0) is 18.3. The van der Waals surface area contributed by atoms with Crippen LogP contribution in [0.2, 0.25) is 0 Å². The molecule has 0 saturated carbocycles. The number of amides is 1. The highest BCUT2D eigenvalue weighted by Gasteiger charge is 2.34. The van der Waals surface area contributed by atoms with Crippen LogP contribution < -0.4 is 10.1 Å². The number of fused-ring (bicyclic) bond motifs is 1. The van der Waals surface area contributed by atoms with Crippen LogP contribution in [0, 0.1) is 11.6 Å². The van der Waals surface area contributed by atoms with E-state index < -0.39 is 17.6 Å². The lowest BCUT2D eigenvalue weighted by Crippen LogP contribution is -2.26. The van der Waals surface area contributed by atoms with Gasteiger partial charge in [-0.1, -0.05) is 12.1 Å². The molecular formula is C19H15F2N3O2. The van der Waals surface area contributed by atoms with Crippen LogP contribution in [0.1, 0.15) is 23.6 Å². The summed E-state index contributed by atoms with van der Waals surface area (Å²) in [7, 11) is 1.56. The molecule has 0 fully saturated rings. The van der Waals surface area contributed by atoms with Crippen molar-refractivity contribution < 1.29 is 18.3 Å². The van der Waals surface area contributed by atoms with Crippen molar-refractivity contribution in [1.82, 2.24) is 9.55 Å². The Hall–Kier alpha value is -3.22. The zero-order valence-corrected chi connectivity index (χ0v) is 13.9. The lowest BCUT2D eigenvalue weighted by molar-refractivity contribution is -0.116. The summed E-state index contributed by atoms with van der Waals surface area (Å²) in [5.41, 5.74) is 1.00. The summed E-state index contributed by atoms with van der Waals surface area (Å²) in [5, 5.41) is 2.76. The van der Waals surface area contributed by atoms with Crippen LogP contribution in [0.4, 0.5) is 14.6 Å². The predicted octanol–water partition coefficient (Wildman–Crippen LogP) is 3.63. The van der Waals surface area contributed by atoms with Gasteiger partial charge >= 0.3 is 0 Å². The fourth-order valence-electron chi connectivity index (χ4n) is 3.25. The molecule has 4 rings (SSSR count). The monoisotopic (exact) mass is 355 g/mol. The van der Waals surface area contributed by atoms with Crippen molar-refractivity contribution in [3.8, 4) is 11.4 Å². The Morgan fingerprint density at radius 3 is 2.65 bits per heavy atom. The molecule has 0 bridgehead atoms. The number of hydrogen-bond donors (Lipinski definition) is 1. The molecule has 0 aliphatic carbocycles. The molecule has 0 spiro atoms. The second-order valence-electron chi connectivity index (χ2n) is 5.99. The Bertz CT molecular complexity index is 980. The second kappa shape index (κ2) is 6.25. The minimum absolute atomic E-state index is 0.0695. The van der Waals surface area contributed by atoms with E-state index in [0.29, 0.717) is 22.9 Å². The number of anilines is 1. The smallest absolute Gasteiger partial charge is 0.226 e. The van der Waals surface area contributed by atoms with Crippen LogP contribution in [0.3, 0.4) is 0 Å². The first-order chi connectivity index (χ1) is 12.6. The van der Waals surface area contributed by atoms with E-state index in [1.807, 2.05) is 6.07 Å². The molecule has 0 radical (unpaired) electrons. The Labute approximate surface area is 148 Å². The van der Waals surface area contributed by atoms with Crippen molar-refractivity contribution in [2.24, 2.45) is 0 Å². The summed E-state index contributed by atoms with van der Waals surface area (Å²) < 4.78 is 35.4. The Morgan fingerprint density at radius 2 is 1.92 bits per heavy atom. The van der Waals surface area contributed by atoms with E-state index in [9.17, 15) is 13.6 Å². The van der Waals surface area contributed by atoms with Gasteiger partial charge in [0.1, 0.15) is 29.5 Å². The molecule has 1 amide bonds. The Kier molecular flexibility index (Phi) is 3.91. The summed E-state index contributed by atoms with van der Waals surface area (Å²) in [5.74, 6) is -1.44.